The van der Waals surface area contributed by atoms with E-state index in [0.717, 1.165) is 9.87 Å². The van der Waals surface area contributed by atoms with Gasteiger partial charge in [0.15, 0.2) is 0 Å². The zero-order valence-corrected chi connectivity index (χ0v) is 18.3. The zero-order chi connectivity index (χ0) is 22.5. The smallest absolute Gasteiger partial charge is 0.336 e. The van der Waals surface area contributed by atoms with E-state index in [1.807, 2.05) is 6.92 Å². The molecule has 6 nitrogen and oxygen atoms in total. The fourth-order valence-corrected chi connectivity index (χ4v) is 3.13. The number of aryl methyl sites for hydroxylation is 1. The predicted molar refractivity (Wildman–Crippen MR) is 124 cm³/mol. The minimum atomic E-state index is -0.627. The molecular formula is C22H19ClFN3O3S. The average molecular weight is 460 g/mol. The normalized spacial score (nSPS) is 10.4. The Hall–Kier alpha value is -3.23. The summed E-state index contributed by atoms with van der Waals surface area (Å²) in [5.74, 6) is -0.957. The van der Waals surface area contributed by atoms with Crippen molar-refractivity contribution in [3.8, 4) is 5.75 Å². The summed E-state index contributed by atoms with van der Waals surface area (Å²) in [5.41, 5.74) is 2.01. The van der Waals surface area contributed by atoms with E-state index in [4.69, 9.17) is 16.3 Å². The quantitative estimate of drug-likeness (QED) is 0.414. The van der Waals surface area contributed by atoms with Gasteiger partial charge in [0.25, 0.3) is 5.91 Å². The molecule has 3 rings (SSSR count). The van der Waals surface area contributed by atoms with Gasteiger partial charge in [-0.2, -0.15) is 0 Å². The monoisotopic (exact) mass is 459 g/mol. The number of amides is 3. The predicted octanol–water partition coefficient (Wildman–Crippen LogP) is 5.93. The number of carbonyl (C=O) groups is 2. The van der Waals surface area contributed by atoms with E-state index in [2.05, 4.69) is 23.4 Å². The van der Waals surface area contributed by atoms with Crippen molar-refractivity contribution >= 4 is 53.4 Å². The highest BCUT2D eigenvalue weighted by Gasteiger charge is 2.19. The second kappa shape index (κ2) is 9.72. The molecular weight excluding hydrogens is 441 g/mol. The van der Waals surface area contributed by atoms with Crippen LogP contribution in [-0.4, -0.2) is 19.0 Å². The Kier molecular flexibility index (Phi) is 7.04. The molecule has 0 saturated carbocycles. The van der Waals surface area contributed by atoms with Gasteiger partial charge in [0.1, 0.15) is 11.6 Å². The van der Waals surface area contributed by atoms with Crippen molar-refractivity contribution < 1.29 is 18.7 Å². The van der Waals surface area contributed by atoms with Crippen molar-refractivity contribution in [3.05, 3.63) is 82.6 Å². The molecule has 0 heterocycles. The van der Waals surface area contributed by atoms with Crippen LogP contribution in [0.15, 0.2) is 60.7 Å². The molecule has 0 atom stereocenters. The van der Waals surface area contributed by atoms with Crippen molar-refractivity contribution in [2.45, 2.75) is 6.92 Å². The third-order valence-electron chi connectivity index (χ3n) is 4.40. The number of hydrogen-bond donors (Lipinski definition) is 3. The second-order valence-electron chi connectivity index (χ2n) is 6.53. The molecule has 9 heteroatoms. The summed E-state index contributed by atoms with van der Waals surface area (Å²) in [6, 6.07) is 14.9. The van der Waals surface area contributed by atoms with Gasteiger partial charge in [0.05, 0.1) is 18.4 Å². The molecule has 0 aliphatic heterocycles. The molecule has 0 fully saturated rings. The maximum atomic E-state index is 13.8. The number of rotatable bonds is 5. The van der Waals surface area contributed by atoms with Gasteiger partial charge in [-0.05, 0) is 48.9 Å². The van der Waals surface area contributed by atoms with Gasteiger partial charge in [-0.15, -0.1) is 0 Å². The highest BCUT2D eigenvalue weighted by atomic mass is 35.5. The number of methoxy groups -OCH3 is 1. The minimum Gasteiger partial charge on any atom is -0.494 e. The van der Waals surface area contributed by atoms with E-state index in [-0.39, 0.29) is 11.3 Å². The van der Waals surface area contributed by atoms with Crippen LogP contribution in [0.5, 0.6) is 5.75 Å². The third kappa shape index (κ3) is 5.28. The highest BCUT2D eigenvalue weighted by molar-refractivity contribution is 7.82. The number of urea groups is 1. The van der Waals surface area contributed by atoms with Crippen molar-refractivity contribution in [2.75, 3.05) is 22.0 Å². The maximum absolute atomic E-state index is 13.8. The molecule has 0 aliphatic rings. The summed E-state index contributed by atoms with van der Waals surface area (Å²) in [6.07, 6.45) is 0. The fraction of sp³-hybridized carbons (Fsp3) is 0.0909. The molecule has 0 aliphatic carbocycles. The summed E-state index contributed by atoms with van der Waals surface area (Å²) in [6.45, 7) is 1.86. The van der Waals surface area contributed by atoms with Crippen LogP contribution in [0, 0.1) is 12.7 Å². The molecule has 3 aromatic carbocycles. The molecule has 0 radical (unpaired) electrons. The molecule has 0 bridgehead atoms. The lowest BCUT2D eigenvalue weighted by Crippen LogP contribution is -2.27. The van der Waals surface area contributed by atoms with Gasteiger partial charge in [0, 0.05) is 22.5 Å². The first-order valence-corrected chi connectivity index (χ1v) is 9.88. The number of nitrogens with zero attached hydrogens (tertiary/aromatic N) is 1. The first-order valence-electron chi connectivity index (χ1n) is 9.10. The molecule has 160 valence electrons. The van der Waals surface area contributed by atoms with Crippen LogP contribution in [0.2, 0.25) is 5.02 Å². The summed E-state index contributed by atoms with van der Waals surface area (Å²) in [4.78, 5) is 24.9. The van der Waals surface area contributed by atoms with E-state index in [0.29, 0.717) is 22.1 Å². The van der Waals surface area contributed by atoms with Gasteiger partial charge in [-0.1, -0.05) is 42.6 Å². The van der Waals surface area contributed by atoms with Gasteiger partial charge < -0.3 is 15.4 Å². The van der Waals surface area contributed by atoms with Crippen LogP contribution < -0.4 is 19.7 Å². The van der Waals surface area contributed by atoms with E-state index in [9.17, 15) is 14.0 Å². The number of carbonyl (C=O) groups excluding carboxylic acids is 2. The number of ether oxygens (including phenoxy) is 1. The maximum Gasteiger partial charge on any atom is 0.336 e. The lowest BCUT2D eigenvalue weighted by atomic mass is 10.2. The van der Waals surface area contributed by atoms with Crippen LogP contribution in [0.25, 0.3) is 0 Å². The highest BCUT2D eigenvalue weighted by Crippen LogP contribution is 2.33. The SMILES string of the molecule is COc1cc(NC(=O)c2ccccc2F)ccc1N(S)C(=O)Nc1ccc(C)c(Cl)c1. The van der Waals surface area contributed by atoms with Crippen LogP contribution in [0.1, 0.15) is 15.9 Å². The first-order chi connectivity index (χ1) is 14.8. The number of anilines is 3. The fourth-order valence-electron chi connectivity index (χ4n) is 2.73. The zero-order valence-electron chi connectivity index (χ0n) is 16.6. The second-order valence-corrected chi connectivity index (χ2v) is 7.33. The van der Waals surface area contributed by atoms with E-state index in [1.54, 1.807) is 36.4 Å². The Morgan fingerprint density at radius 2 is 1.71 bits per heavy atom. The molecule has 0 aromatic heterocycles. The van der Waals surface area contributed by atoms with Gasteiger partial charge in [-0.3, -0.25) is 4.79 Å². The number of hydrogen-bond acceptors (Lipinski definition) is 4. The summed E-state index contributed by atoms with van der Waals surface area (Å²) in [5, 5.41) is 5.82. The van der Waals surface area contributed by atoms with E-state index in [1.165, 1.54) is 31.4 Å². The molecule has 31 heavy (non-hydrogen) atoms. The number of benzene rings is 3. The number of nitrogens with one attached hydrogen (secondary N) is 2. The van der Waals surface area contributed by atoms with Gasteiger partial charge in [-0.25, -0.2) is 13.5 Å². The van der Waals surface area contributed by atoms with E-state index >= 15 is 0 Å². The van der Waals surface area contributed by atoms with Crippen LogP contribution in [0.3, 0.4) is 0 Å². The number of thiol groups is 1. The first kappa shape index (κ1) is 22.5. The van der Waals surface area contributed by atoms with Crippen molar-refractivity contribution in [1.29, 1.82) is 0 Å². The van der Waals surface area contributed by atoms with Crippen LogP contribution in [-0.2, 0) is 0 Å². The molecule has 3 amide bonds. The molecule has 0 unspecified atom stereocenters. The Morgan fingerprint density at radius 3 is 2.39 bits per heavy atom. The topological polar surface area (TPSA) is 70.7 Å². The summed E-state index contributed by atoms with van der Waals surface area (Å²) < 4.78 is 20.2. The Labute approximate surface area is 189 Å². The molecule has 2 N–H and O–H groups in total. The standard InChI is InChI=1S/C22H19ClFN3O3S/c1-13-7-8-14(11-17(13)23)26-22(29)27(31)19-10-9-15(12-20(19)30-2)25-21(28)16-5-3-4-6-18(16)24/h3-12,31H,1-2H3,(H,25,28)(H,26,29). The molecule has 3 aromatic rings. The molecule has 0 spiro atoms. The van der Waals surface area contributed by atoms with E-state index < -0.39 is 17.8 Å². The summed E-state index contributed by atoms with van der Waals surface area (Å²) >= 11 is 10.4. The lowest BCUT2D eigenvalue weighted by Gasteiger charge is -2.20. The van der Waals surface area contributed by atoms with Crippen LogP contribution >= 0.6 is 24.4 Å². The third-order valence-corrected chi connectivity index (χ3v) is 5.20. The van der Waals surface area contributed by atoms with Gasteiger partial charge in [0.2, 0.25) is 0 Å². The Balaban J connectivity index is 1.77. The summed E-state index contributed by atoms with van der Waals surface area (Å²) in [7, 11) is 1.42. The largest absolute Gasteiger partial charge is 0.494 e. The Morgan fingerprint density at radius 1 is 1.03 bits per heavy atom. The van der Waals surface area contributed by atoms with Crippen molar-refractivity contribution in [2.24, 2.45) is 0 Å². The molecule has 0 saturated heterocycles. The van der Waals surface area contributed by atoms with Crippen LogP contribution in [0.4, 0.5) is 26.2 Å². The number of halogens is 2. The lowest BCUT2D eigenvalue weighted by molar-refractivity contribution is 0.102. The average Bonchev–Trinajstić information content (AvgIpc) is 2.76. The van der Waals surface area contributed by atoms with Gasteiger partial charge >= 0.3 is 6.03 Å². The Bertz CT molecular complexity index is 1140. The van der Waals surface area contributed by atoms with Crippen molar-refractivity contribution in [1.82, 2.24) is 0 Å². The minimum absolute atomic E-state index is 0.0856. The van der Waals surface area contributed by atoms with Crippen molar-refractivity contribution in [3.63, 3.8) is 0 Å².